The summed E-state index contributed by atoms with van der Waals surface area (Å²) in [5.41, 5.74) is 3.24. The first-order valence-electron chi connectivity index (χ1n) is 5.06. The maximum absolute atomic E-state index is 10.7. The van der Waals surface area contributed by atoms with E-state index in [-0.39, 0.29) is 0 Å². The van der Waals surface area contributed by atoms with Crippen molar-refractivity contribution in [2.24, 2.45) is 5.92 Å². The third-order valence-corrected chi connectivity index (χ3v) is 2.70. The highest BCUT2D eigenvalue weighted by Gasteiger charge is 2.15. The summed E-state index contributed by atoms with van der Waals surface area (Å²) >= 11 is 0. The van der Waals surface area contributed by atoms with Crippen molar-refractivity contribution in [1.29, 1.82) is 0 Å². The normalized spacial score (nSPS) is 22.0. The summed E-state index contributed by atoms with van der Waals surface area (Å²) in [6.45, 7) is 8.68. The van der Waals surface area contributed by atoms with E-state index < -0.39 is 0 Å². The van der Waals surface area contributed by atoms with Gasteiger partial charge in [-0.2, -0.15) is 0 Å². The summed E-state index contributed by atoms with van der Waals surface area (Å²) in [7, 11) is 0. The van der Waals surface area contributed by atoms with E-state index in [4.69, 9.17) is 0 Å². The van der Waals surface area contributed by atoms with Crippen molar-refractivity contribution in [3.05, 3.63) is 47.7 Å². The van der Waals surface area contributed by atoms with Crippen LogP contribution in [0.4, 0.5) is 0 Å². The van der Waals surface area contributed by atoms with Gasteiger partial charge in [0.15, 0.2) is 0 Å². The predicted octanol–water partition coefficient (Wildman–Crippen LogP) is 2.37. The molecule has 2 heteroatoms. The quantitative estimate of drug-likeness (QED) is 0.432. The highest BCUT2D eigenvalue weighted by molar-refractivity contribution is 5.77. The molecule has 1 atom stereocenters. The van der Waals surface area contributed by atoms with Crippen molar-refractivity contribution in [1.82, 2.24) is 5.32 Å². The number of nitrogens with one attached hydrogen (secondary N) is 1. The molecule has 0 radical (unpaired) electrons. The molecule has 0 fully saturated rings. The molecule has 0 aromatic rings. The minimum absolute atomic E-state index is 0.401. The lowest BCUT2D eigenvalue weighted by molar-refractivity contribution is -0.104. The lowest BCUT2D eigenvalue weighted by Crippen LogP contribution is -2.09. The number of aldehydes is 1. The Morgan fingerprint density at radius 1 is 1.53 bits per heavy atom. The van der Waals surface area contributed by atoms with E-state index in [0.717, 1.165) is 12.8 Å². The Labute approximate surface area is 91.1 Å². The van der Waals surface area contributed by atoms with Crippen LogP contribution in [0.3, 0.4) is 0 Å². The third-order valence-electron chi connectivity index (χ3n) is 2.70. The Balaban J connectivity index is 2.70. The molecule has 1 heterocycles. The van der Waals surface area contributed by atoms with E-state index >= 15 is 0 Å². The van der Waals surface area contributed by atoms with E-state index in [0.29, 0.717) is 11.5 Å². The molecule has 2 nitrogen and oxygen atoms in total. The highest BCUT2D eigenvalue weighted by atomic mass is 16.1. The first-order valence-corrected chi connectivity index (χ1v) is 5.06. The van der Waals surface area contributed by atoms with Gasteiger partial charge in [-0.25, -0.2) is 0 Å². The fraction of sp³-hybridized carbons (Fsp3) is 0.308. The van der Waals surface area contributed by atoms with Crippen LogP contribution < -0.4 is 5.32 Å². The Morgan fingerprint density at radius 2 is 2.27 bits per heavy atom. The van der Waals surface area contributed by atoms with Gasteiger partial charge in [-0.05, 0) is 19.4 Å². The molecule has 1 unspecified atom stereocenters. The van der Waals surface area contributed by atoms with Gasteiger partial charge in [-0.15, -0.1) is 0 Å². The van der Waals surface area contributed by atoms with Crippen molar-refractivity contribution in [3.63, 3.8) is 0 Å². The first-order chi connectivity index (χ1) is 7.19. The predicted molar refractivity (Wildman–Crippen MR) is 63.4 cm³/mol. The maximum Gasteiger partial charge on any atom is 0.150 e. The van der Waals surface area contributed by atoms with Gasteiger partial charge in [-0.1, -0.05) is 30.9 Å². The summed E-state index contributed by atoms with van der Waals surface area (Å²) in [6.07, 6.45) is 8.07. The number of rotatable bonds is 4. The zero-order chi connectivity index (χ0) is 11.3. The Kier molecular flexibility index (Phi) is 4.10. The molecule has 0 saturated heterocycles. The van der Waals surface area contributed by atoms with Crippen molar-refractivity contribution in [2.45, 2.75) is 13.8 Å². The first kappa shape index (κ1) is 11.5. The molecule has 0 bridgehead atoms. The van der Waals surface area contributed by atoms with Crippen LogP contribution in [0.1, 0.15) is 13.8 Å². The van der Waals surface area contributed by atoms with Gasteiger partial charge in [0.2, 0.25) is 0 Å². The number of carbonyl (C=O) groups excluding carboxylic acids is 1. The smallest absolute Gasteiger partial charge is 0.150 e. The Morgan fingerprint density at radius 3 is 2.73 bits per heavy atom. The van der Waals surface area contributed by atoms with Crippen molar-refractivity contribution >= 4 is 6.29 Å². The SMILES string of the molecule is C=C/C=C(/C=O)C=CC1CNC(C)=C1C. The lowest BCUT2D eigenvalue weighted by atomic mass is 10.0. The molecule has 1 N–H and O–H groups in total. The van der Waals surface area contributed by atoms with E-state index in [1.165, 1.54) is 11.3 Å². The summed E-state index contributed by atoms with van der Waals surface area (Å²) < 4.78 is 0. The summed E-state index contributed by atoms with van der Waals surface area (Å²) in [5.74, 6) is 0.401. The van der Waals surface area contributed by atoms with Crippen LogP contribution in [-0.2, 0) is 4.79 Å². The summed E-state index contributed by atoms with van der Waals surface area (Å²) in [4.78, 5) is 10.7. The second kappa shape index (κ2) is 5.35. The van der Waals surface area contributed by atoms with Crippen LogP contribution in [0.5, 0.6) is 0 Å². The van der Waals surface area contributed by atoms with Crippen LogP contribution >= 0.6 is 0 Å². The molecule has 0 aromatic carbocycles. The molecule has 0 spiro atoms. The number of carbonyl (C=O) groups is 1. The summed E-state index contributed by atoms with van der Waals surface area (Å²) in [5, 5.41) is 3.29. The number of hydrogen-bond donors (Lipinski definition) is 1. The molecule has 1 aliphatic heterocycles. The zero-order valence-electron chi connectivity index (χ0n) is 9.29. The molecule has 1 aliphatic rings. The molecular formula is C13H17NO. The minimum atomic E-state index is 0.401. The summed E-state index contributed by atoms with van der Waals surface area (Å²) in [6, 6.07) is 0. The molecule has 80 valence electrons. The monoisotopic (exact) mass is 203 g/mol. The van der Waals surface area contributed by atoms with Crippen LogP contribution in [-0.4, -0.2) is 12.8 Å². The zero-order valence-corrected chi connectivity index (χ0v) is 9.29. The molecule has 0 saturated carbocycles. The average molecular weight is 203 g/mol. The van der Waals surface area contributed by atoms with Crippen LogP contribution in [0.15, 0.2) is 47.7 Å². The molecule has 15 heavy (non-hydrogen) atoms. The molecular weight excluding hydrogens is 186 g/mol. The van der Waals surface area contributed by atoms with Gasteiger partial charge in [0.25, 0.3) is 0 Å². The molecule has 1 rings (SSSR count). The van der Waals surface area contributed by atoms with Crippen molar-refractivity contribution < 1.29 is 4.79 Å². The topological polar surface area (TPSA) is 29.1 Å². The van der Waals surface area contributed by atoms with E-state index in [1.54, 1.807) is 12.2 Å². The number of hydrogen-bond acceptors (Lipinski definition) is 2. The van der Waals surface area contributed by atoms with Gasteiger partial charge in [0.1, 0.15) is 6.29 Å². The van der Waals surface area contributed by atoms with E-state index in [2.05, 4.69) is 31.8 Å². The van der Waals surface area contributed by atoms with Crippen LogP contribution in [0.2, 0.25) is 0 Å². The van der Waals surface area contributed by atoms with E-state index in [9.17, 15) is 4.79 Å². The fourth-order valence-electron chi connectivity index (χ4n) is 1.54. The van der Waals surface area contributed by atoms with Gasteiger partial charge in [0, 0.05) is 23.7 Å². The highest BCUT2D eigenvalue weighted by Crippen LogP contribution is 2.21. The Hall–Kier alpha value is -1.57. The minimum Gasteiger partial charge on any atom is -0.388 e. The average Bonchev–Trinajstić information content (AvgIpc) is 2.55. The van der Waals surface area contributed by atoms with Crippen LogP contribution in [0, 0.1) is 5.92 Å². The van der Waals surface area contributed by atoms with Gasteiger partial charge >= 0.3 is 0 Å². The second-order valence-electron chi connectivity index (χ2n) is 3.67. The standard InChI is InChI=1S/C13H17NO/c1-4-5-12(9-15)6-7-13-8-14-11(3)10(13)2/h4-7,9,13-14H,1,8H2,2-3H3/b7-6?,12-5+. The third kappa shape index (κ3) is 2.94. The second-order valence-corrected chi connectivity index (χ2v) is 3.67. The van der Waals surface area contributed by atoms with Gasteiger partial charge < -0.3 is 5.32 Å². The maximum atomic E-state index is 10.7. The van der Waals surface area contributed by atoms with E-state index in [1.807, 2.05) is 6.08 Å². The van der Waals surface area contributed by atoms with Gasteiger partial charge in [-0.3, -0.25) is 4.79 Å². The fourth-order valence-corrected chi connectivity index (χ4v) is 1.54. The Bertz CT molecular complexity index is 348. The largest absolute Gasteiger partial charge is 0.388 e. The molecule has 0 aromatic heterocycles. The number of allylic oxidation sites excluding steroid dienone is 5. The van der Waals surface area contributed by atoms with Crippen LogP contribution in [0.25, 0.3) is 0 Å². The van der Waals surface area contributed by atoms with Crippen molar-refractivity contribution in [2.75, 3.05) is 6.54 Å². The molecule has 0 amide bonds. The van der Waals surface area contributed by atoms with Crippen molar-refractivity contribution in [3.8, 4) is 0 Å². The van der Waals surface area contributed by atoms with Gasteiger partial charge in [0.05, 0.1) is 0 Å². The molecule has 0 aliphatic carbocycles. The lowest BCUT2D eigenvalue weighted by Gasteiger charge is -2.03.